The van der Waals surface area contributed by atoms with E-state index in [9.17, 15) is 4.79 Å². The maximum Gasteiger partial charge on any atom is 0.242 e. The van der Waals surface area contributed by atoms with Crippen molar-refractivity contribution in [1.29, 1.82) is 0 Å². The SMILES string of the molecule is O=C(Cn1ccnc1)N1CCC2(CCCCc3ccccc3OCCN(CC3CC3)C2)CC1. The summed E-state index contributed by atoms with van der Waals surface area (Å²) in [7, 11) is 0. The third kappa shape index (κ3) is 5.97. The lowest BCUT2D eigenvalue weighted by molar-refractivity contribution is -0.134. The molecule has 0 N–H and O–H groups in total. The number of likely N-dealkylation sites (tertiary alicyclic amines) is 1. The summed E-state index contributed by atoms with van der Waals surface area (Å²) in [5.74, 6) is 2.17. The summed E-state index contributed by atoms with van der Waals surface area (Å²) >= 11 is 0. The smallest absolute Gasteiger partial charge is 0.242 e. The highest BCUT2D eigenvalue weighted by Crippen LogP contribution is 2.39. The molecule has 1 aliphatic carbocycles. The van der Waals surface area contributed by atoms with E-state index in [4.69, 9.17) is 4.74 Å². The number of imidazole rings is 1. The van der Waals surface area contributed by atoms with Crippen LogP contribution in [0, 0.1) is 11.3 Å². The quantitative estimate of drug-likeness (QED) is 0.706. The Morgan fingerprint density at radius 3 is 2.73 bits per heavy atom. The predicted octanol–water partition coefficient (Wildman–Crippen LogP) is 4.01. The molecule has 0 unspecified atom stereocenters. The van der Waals surface area contributed by atoms with Crippen molar-refractivity contribution in [3.8, 4) is 5.75 Å². The zero-order chi connectivity index (χ0) is 22.5. The molecule has 178 valence electrons. The van der Waals surface area contributed by atoms with Crippen LogP contribution in [0.25, 0.3) is 0 Å². The zero-order valence-electron chi connectivity index (χ0n) is 19.8. The molecule has 1 spiro atoms. The topological polar surface area (TPSA) is 50.6 Å². The first-order valence-corrected chi connectivity index (χ1v) is 12.9. The molecule has 5 rings (SSSR count). The predicted molar refractivity (Wildman–Crippen MR) is 129 cm³/mol. The summed E-state index contributed by atoms with van der Waals surface area (Å²) in [6, 6.07) is 8.57. The molecular formula is C27H38N4O2. The minimum atomic E-state index is 0.218. The van der Waals surface area contributed by atoms with Crippen LogP contribution in [-0.4, -0.2) is 64.6 Å². The highest BCUT2D eigenvalue weighted by molar-refractivity contribution is 5.76. The highest BCUT2D eigenvalue weighted by Gasteiger charge is 2.38. The van der Waals surface area contributed by atoms with Crippen molar-refractivity contribution < 1.29 is 9.53 Å². The second-order valence-electron chi connectivity index (χ2n) is 10.5. The summed E-state index contributed by atoms with van der Waals surface area (Å²) in [5, 5.41) is 0. The van der Waals surface area contributed by atoms with Crippen LogP contribution in [-0.2, 0) is 17.8 Å². The average Bonchev–Trinajstić information content (AvgIpc) is 3.49. The number of piperidine rings is 1. The van der Waals surface area contributed by atoms with Gasteiger partial charge in [-0.2, -0.15) is 0 Å². The summed E-state index contributed by atoms with van der Waals surface area (Å²) in [5.41, 5.74) is 1.67. The fourth-order valence-electron chi connectivity index (χ4n) is 5.68. The van der Waals surface area contributed by atoms with Crippen LogP contribution in [0.5, 0.6) is 5.75 Å². The molecule has 3 heterocycles. The van der Waals surface area contributed by atoms with Crippen molar-refractivity contribution in [2.24, 2.45) is 11.3 Å². The monoisotopic (exact) mass is 450 g/mol. The number of aryl methyl sites for hydroxylation is 1. The van der Waals surface area contributed by atoms with Crippen LogP contribution in [0.2, 0.25) is 0 Å². The molecule has 1 saturated carbocycles. The molecule has 2 aromatic rings. The van der Waals surface area contributed by atoms with E-state index >= 15 is 0 Å². The van der Waals surface area contributed by atoms with E-state index < -0.39 is 0 Å². The number of hydrogen-bond acceptors (Lipinski definition) is 4. The number of amides is 1. The van der Waals surface area contributed by atoms with Gasteiger partial charge in [-0.25, -0.2) is 4.98 Å². The second-order valence-corrected chi connectivity index (χ2v) is 10.5. The Morgan fingerprint density at radius 1 is 1.09 bits per heavy atom. The molecule has 1 saturated heterocycles. The summed E-state index contributed by atoms with van der Waals surface area (Å²) in [6.45, 7) is 6.27. The first-order valence-electron chi connectivity index (χ1n) is 12.9. The zero-order valence-corrected chi connectivity index (χ0v) is 19.8. The number of para-hydroxylation sites is 1. The number of nitrogens with zero attached hydrogens (tertiary/aromatic N) is 4. The van der Waals surface area contributed by atoms with Crippen LogP contribution in [0.15, 0.2) is 43.0 Å². The van der Waals surface area contributed by atoms with Gasteiger partial charge in [0.15, 0.2) is 0 Å². The summed E-state index contributed by atoms with van der Waals surface area (Å²) in [4.78, 5) is 21.7. The lowest BCUT2D eigenvalue weighted by Crippen LogP contribution is -2.49. The van der Waals surface area contributed by atoms with Crippen molar-refractivity contribution in [2.45, 2.75) is 57.9 Å². The van der Waals surface area contributed by atoms with Crippen LogP contribution in [0.4, 0.5) is 0 Å². The van der Waals surface area contributed by atoms with Gasteiger partial charge in [-0.1, -0.05) is 24.6 Å². The fraction of sp³-hybridized carbons (Fsp3) is 0.630. The molecule has 0 atom stereocenters. The standard InChI is InChI=1S/C27H38N4O2/c32-26(20-30-16-13-28-22-30)31-14-11-27(12-15-31)10-4-3-6-24-5-1-2-7-25(24)33-18-17-29(21-27)19-23-8-9-23/h1-2,5,7,13,16,22-23H,3-4,6,8-12,14-15,17-21H2. The number of rotatable bonds is 4. The van der Waals surface area contributed by atoms with Crippen LogP contribution in [0.1, 0.15) is 50.5 Å². The number of ether oxygens (including phenoxy) is 1. The largest absolute Gasteiger partial charge is 0.492 e. The number of hydrogen-bond donors (Lipinski definition) is 0. The van der Waals surface area contributed by atoms with E-state index in [-0.39, 0.29) is 5.91 Å². The highest BCUT2D eigenvalue weighted by atomic mass is 16.5. The van der Waals surface area contributed by atoms with Gasteiger partial charge in [-0.15, -0.1) is 0 Å². The Hall–Kier alpha value is -2.34. The van der Waals surface area contributed by atoms with Gasteiger partial charge in [0.2, 0.25) is 5.91 Å². The molecule has 6 nitrogen and oxygen atoms in total. The van der Waals surface area contributed by atoms with Crippen LogP contribution < -0.4 is 4.74 Å². The van der Waals surface area contributed by atoms with Gasteiger partial charge < -0.3 is 14.2 Å². The minimum Gasteiger partial charge on any atom is -0.492 e. The van der Waals surface area contributed by atoms with Crippen molar-refractivity contribution in [2.75, 3.05) is 39.3 Å². The molecule has 0 radical (unpaired) electrons. The number of carbonyl (C=O) groups is 1. The average molecular weight is 451 g/mol. The van der Waals surface area contributed by atoms with Gasteiger partial charge in [-0.3, -0.25) is 9.69 Å². The van der Waals surface area contributed by atoms with Gasteiger partial charge in [0, 0.05) is 45.1 Å². The third-order valence-electron chi connectivity index (χ3n) is 7.87. The van der Waals surface area contributed by atoms with E-state index in [1.54, 1.807) is 12.5 Å². The molecule has 1 amide bonds. The number of fused-ring (bicyclic) bond motifs is 1. The molecule has 6 heteroatoms. The van der Waals surface area contributed by atoms with Crippen molar-refractivity contribution in [3.05, 3.63) is 48.5 Å². The second kappa shape index (κ2) is 10.3. The molecule has 33 heavy (non-hydrogen) atoms. The van der Waals surface area contributed by atoms with Gasteiger partial charge in [0.1, 0.15) is 18.9 Å². The minimum absolute atomic E-state index is 0.218. The first kappa shape index (κ1) is 22.5. The van der Waals surface area contributed by atoms with Crippen molar-refractivity contribution >= 4 is 5.91 Å². The number of aromatic nitrogens is 2. The number of benzene rings is 1. The Balaban J connectivity index is 1.25. The fourth-order valence-corrected chi connectivity index (χ4v) is 5.68. The van der Waals surface area contributed by atoms with Crippen LogP contribution >= 0.6 is 0 Å². The van der Waals surface area contributed by atoms with Crippen molar-refractivity contribution in [3.63, 3.8) is 0 Å². The lowest BCUT2D eigenvalue weighted by atomic mass is 9.73. The maximum absolute atomic E-state index is 12.8. The van der Waals surface area contributed by atoms with Crippen LogP contribution in [0.3, 0.4) is 0 Å². The maximum atomic E-state index is 12.8. The molecule has 3 aliphatic rings. The Kier molecular flexibility index (Phi) is 7.00. The van der Waals surface area contributed by atoms with Gasteiger partial charge in [-0.05, 0) is 67.9 Å². The van der Waals surface area contributed by atoms with Gasteiger partial charge in [0.05, 0.1) is 6.33 Å². The summed E-state index contributed by atoms with van der Waals surface area (Å²) in [6.07, 6.45) is 15.1. The number of carbonyl (C=O) groups excluding carboxylic acids is 1. The third-order valence-corrected chi connectivity index (χ3v) is 7.87. The van der Waals surface area contributed by atoms with Crippen molar-refractivity contribution in [1.82, 2.24) is 19.4 Å². The Bertz CT molecular complexity index is 901. The Morgan fingerprint density at radius 2 is 1.94 bits per heavy atom. The van der Waals surface area contributed by atoms with E-state index in [1.165, 1.54) is 44.2 Å². The molecular weight excluding hydrogens is 412 g/mol. The molecule has 2 fully saturated rings. The Labute approximate surface area is 197 Å². The molecule has 1 aromatic heterocycles. The van der Waals surface area contributed by atoms with Gasteiger partial charge >= 0.3 is 0 Å². The lowest BCUT2D eigenvalue weighted by Gasteiger charge is -2.45. The summed E-state index contributed by atoms with van der Waals surface area (Å²) < 4.78 is 8.14. The van der Waals surface area contributed by atoms with E-state index in [1.807, 2.05) is 10.8 Å². The first-order chi connectivity index (χ1) is 16.2. The van der Waals surface area contributed by atoms with E-state index in [0.717, 1.165) is 63.7 Å². The molecule has 2 aliphatic heterocycles. The van der Waals surface area contributed by atoms with Gasteiger partial charge in [0.25, 0.3) is 0 Å². The normalized spacial score (nSPS) is 22.1. The molecule has 1 aromatic carbocycles. The molecule has 0 bridgehead atoms. The van der Waals surface area contributed by atoms with E-state index in [0.29, 0.717) is 12.0 Å². The van der Waals surface area contributed by atoms with E-state index in [2.05, 4.69) is 39.0 Å².